The predicted molar refractivity (Wildman–Crippen MR) is 96.6 cm³/mol. The molecule has 1 heterocycles. The van der Waals surface area contributed by atoms with Gasteiger partial charge in [-0.05, 0) is 18.2 Å². The quantitative estimate of drug-likeness (QED) is 0.688. The number of amides is 2. The standard InChI is InChI=1S/C16H22N2O5S2/c1-11-9-16(20)18-13-10-12(3-4-14(13)24-11)25(21,22)8-5-15(19)17-6-7-23-2/h3-4,10-11H,5-9H2,1-2H3,(H,17,19)(H,18,20)/t11-/m1/s1. The van der Waals surface area contributed by atoms with Gasteiger partial charge in [-0.15, -0.1) is 11.8 Å². The molecule has 25 heavy (non-hydrogen) atoms. The van der Waals surface area contributed by atoms with Crippen molar-refractivity contribution in [2.75, 3.05) is 31.3 Å². The summed E-state index contributed by atoms with van der Waals surface area (Å²) in [7, 11) is -2.09. The SMILES string of the molecule is COCCNC(=O)CCS(=O)(=O)c1ccc2c(c1)NC(=O)C[C@@H](C)S2. The molecule has 1 aromatic carbocycles. The molecule has 1 aliphatic rings. The van der Waals surface area contributed by atoms with Crippen LogP contribution in [0, 0.1) is 0 Å². The minimum Gasteiger partial charge on any atom is -0.383 e. The molecule has 0 bridgehead atoms. The fraction of sp³-hybridized carbons (Fsp3) is 0.500. The summed E-state index contributed by atoms with van der Waals surface area (Å²) in [4.78, 5) is 24.4. The van der Waals surface area contributed by atoms with Gasteiger partial charge in [0.2, 0.25) is 11.8 Å². The second-order valence-electron chi connectivity index (χ2n) is 5.75. The van der Waals surface area contributed by atoms with E-state index in [2.05, 4.69) is 10.6 Å². The number of fused-ring (bicyclic) bond motifs is 1. The third-order valence-corrected chi connectivity index (χ3v) is 6.50. The Morgan fingerprint density at radius 1 is 1.44 bits per heavy atom. The van der Waals surface area contributed by atoms with Gasteiger partial charge in [0.25, 0.3) is 0 Å². The summed E-state index contributed by atoms with van der Waals surface area (Å²) < 4.78 is 29.7. The van der Waals surface area contributed by atoms with E-state index >= 15 is 0 Å². The molecular formula is C16H22N2O5S2. The normalized spacial score (nSPS) is 17.4. The second-order valence-corrected chi connectivity index (χ2v) is 9.34. The van der Waals surface area contributed by atoms with Gasteiger partial charge in [0.05, 0.1) is 22.9 Å². The number of ether oxygens (including phenoxy) is 1. The van der Waals surface area contributed by atoms with Gasteiger partial charge in [0, 0.05) is 36.6 Å². The molecule has 0 aliphatic carbocycles. The van der Waals surface area contributed by atoms with Gasteiger partial charge in [0.1, 0.15) is 0 Å². The summed E-state index contributed by atoms with van der Waals surface area (Å²) in [6, 6.07) is 4.69. The highest BCUT2D eigenvalue weighted by Gasteiger charge is 2.22. The van der Waals surface area contributed by atoms with E-state index in [-0.39, 0.29) is 34.1 Å². The first-order valence-corrected chi connectivity index (χ1v) is 10.4. The summed E-state index contributed by atoms with van der Waals surface area (Å²) in [6.07, 6.45) is 0.254. The summed E-state index contributed by atoms with van der Waals surface area (Å²) in [5, 5.41) is 5.46. The molecule has 1 aliphatic heterocycles. The van der Waals surface area contributed by atoms with Crippen LogP contribution in [0.4, 0.5) is 5.69 Å². The summed E-state index contributed by atoms with van der Waals surface area (Å²) in [5.41, 5.74) is 0.505. The molecule has 7 nitrogen and oxygen atoms in total. The van der Waals surface area contributed by atoms with Crippen molar-refractivity contribution < 1.29 is 22.7 Å². The van der Waals surface area contributed by atoms with Crippen LogP contribution in [0.3, 0.4) is 0 Å². The maximum atomic E-state index is 12.5. The summed E-state index contributed by atoms with van der Waals surface area (Å²) in [6.45, 7) is 2.67. The first-order valence-electron chi connectivity index (χ1n) is 7.91. The summed E-state index contributed by atoms with van der Waals surface area (Å²) in [5.74, 6) is -0.763. The van der Waals surface area contributed by atoms with Gasteiger partial charge >= 0.3 is 0 Å². The van der Waals surface area contributed by atoms with Crippen molar-refractivity contribution in [2.45, 2.75) is 34.8 Å². The van der Waals surface area contributed by atoms with Gasteiger partial charge < -0.3 is 15.4 Å². The topological polar surface area (TPSA) is 102 Å². The van der Waals surface area contributed by atoms with E-state index in [1.165, 1.54) is 31.0 Å². The Kier molecular flexibility index (Phi) is 6.86. The highest BCUT2D eigenvalue weighted by Crippen LogP contribution is 2.36. The number of sulfone groups is 1. The second kappa shape index (κ2) is 8.68. The number of nitrogens with one attached hydrogen (secondary N) is 2. The van der Waals surface area contributed by atoms with Crippen LogP contribution in [0.25, 0.3) is 0 Å². The van der Waals surface area contributed by atoms with Gasteiger partial charge in [-0.3, -0.25) is 9.59 Å². The highest BCUT2D eigenvalue weighted by atomic mass is 32.2. The predicted octanol–water partition coefficient (Wildman–Crippen LogP) is 1.44. The van der Waals surface area contributed by atoms with Crippen molar-refractivity contribution >= 4 is 39.1 Å². The average molecular weight is 386 g/mol. The van der Waals surface area contributed by atoms with Crippen molar-refractivity contribution in [1.29, 1.82) is 0 Å². The van der Waals surface area contributed by atoms with Crippen molar-refractivity contribution in [3.63, 3.8) is 0 Å². The zero-order valence-electron chi connectivity index (χ0n) is 14.2. The van der Waals surface area contributed by atoms with Crippen LogP contribution < -0.4 is 10.6 Å². The molecule has 2 N–H and O–H groups in total. The van der Waals surface area contributed by atoms with Crippen LogP contribution >= 0.6 is 11.8 Å². The average Bonchev–Trinajstić information content (AvgIpc) is 2.68. The number of thioether (sulfide) groups is 1. The maximum absolute atomic E-state index is 12.5. The maximum Gasteiger partial charge on any atom is 0.225 e. The lowest BCUT2D eigenvalue weighted by atomic mass is 10.3. The van der Waals surface area contributed by atoms with Gasteiger partial charge in [-0.1, -0.05) is 6.92 Å². The fourth-order valence-corrected chi connectivity index (χ4v) is 4.66. The lowest BCUT2D eigenvalue weighted by Gasteiger charge is -2.10. The number of hydrogen-bond acceptors (Lipinski definition) is 6. The lowest BCUT2D eigenvalue weighted by molar-refractivity contribution is -0.121. The first-order chi connectivity index (χ1) is 11.8. The molecule has 0 saturated heterocycles. The van der Waals surface area contributed by atoms with Crippen LogP contribution in [0.2, 0.25) is 0 Å². The van der Waals surface area contributed by atoms with E-state index in [1.807, 2.05) is 6.92 Å². The molecule has 0 saturated carbocycles. The molecule has 1 aromatic rings. The zero-order valence-corrected chi connectivity index (χ0v) is 15.8. The number of anilines is 1. The highest BCUT2D eigenvalue weighted by molar-refractivity contribution is 8.00. The molecular weight excluding hydrogens is 364 g/mol. The largest absolute Gasteiger partial charge is 0.383 e. The van der Waals surface area contributed by atoms with E-state index in [1.54, 1.807) is 6.07 Å². The molecule has 2 rings (SSSR count). The summed E-state index contributed by atoms with van der Waals surface area (Å²) >= 11 is 1.53. The van der Waals surface area contributed by atoms with E-state index in [9.17, 15) is 18.0 Å². The fourth-order valence-electron chi connectivity index (χ4n) is 2.35. The van der Waals surface area contributed by atoms with E-state index in [0.717, 1.165) is 4.90 Å². The van der Waals surface area contributed by atoms with Crippen LogP contribution in [-0.2, 0) is 24.2 Å². The Balaban J connectivity index is 2.07. The molecule has 1 atom stereocenters. The van der Waals surface area contributed by atoms with Crippen LogP contribution in [0.1, 0.15) is 19.8 Å². The number of hydrogen-bond donors (Lipinski definition) is 2. The minimum absolute atomic E-state index is 0.103. The Bertz CT molecular complexity index is 749. The lowest BCUT2D eigenvalue weighted by Crippen LogP contribution is -2.28. The molecule has 0 spiro atoms. The van der Waals surface area contributed by atoms with Crippen LogP contribution in [-0.4, -0.2) is 51.5 Å². The molecule has 2 amide bonds. The Hall–Kier alpha value is -1.58. The molecule has 0 unspecified atom stereocenters. The first kappa shape index (κ1) is 19.7. The van der Waals surface area contributed by atoms with Gasteiger partial charge in [-0.25, -0.2) is 8.42 Å². The minimum atomic E-state index is -3.61. The number of rotatable bonds is 7. The third-order valence-electron chi connectivity index (χ3n) is 3.61. The smallest absolute Gasteiger partial charge is 0.225 e. The van der Waals surface area contributed by atoms with E-state index in [0.29, 0.717) is 25.3 Å². The third kappa shape index (κ3) is 5.72. The number of methoxy groups -OCH3 is 1. The van der Waals surface area contributed by atoms with E-state index in [4.69, 9.17) is 4.74 Å². The number of benzene rings is 1. The molecule has 0 fully saturated rings. The number of carbonyl (C=O) groups is 2. The molecule has 0 radical (unpaired) electrons. The molecule has 9 heteroatoms. The van der Waals surface area contributed by atoms with Crippen LogP contribution in [0.15, 0.2) is 28.0 Å². The van der Waals surface area contributed by atoms with Crippen molar-refractivity contribution in [2.24, 2.45) is 0 Å². The molecule has 138 valence electrons. The number of carbonyl (C=O) groups excluding carboxylic acids is 2. The Morgan fingerprint density at radius 3 is 2.92 bits per heavy atom. The Labute approximate surface area is 151 Å². The zero-order chi connectivity index (χ0) is 18.4. The van der Waals surface area contributed by atoms with E-state index < -0.39 is 9.84 Å². The monoisotopic (exact) mass is 386 g/mol. The van der Waals surface area contributed by atoms with Crippen molar-refractivity contribution in [3.8, 4) is 0 Å². The van der Waals surface area contributed by atoms with Crippen LogP contribution in [0.5, 0.6) is 0 Å². The Morgan fingerprint density at radius 2 is 2.20 bits per heavy atom. The van der Waals surface area contributed by atoms with Gasteiger partial charge in [-0.2, -0.15) is 0 Å². The molecule has 0 aromatic heterocycles. The van der Waals surface area contributed by atoms with Crippen molar-refractivity contribution in [3.05, 3.63) is 18.2 Å². The van der Waals surface area contributed by atoms with Gasteiger partial charge in [0.15, 0.2) is 9.84 Å². The van der Waals surface area contributed by atoms with Crippen molar-refractivity contribution in [1.82, 2.24) is 5.32 Å².